The van der Waals surface area contributed by atoms with Crippen LogP contribution in [0.25, 0.3) is 0 Å². The second-order valence-electron chi connectivity index (χ2n) is 4.83. The molecule has 0 saturated heterocycles. The summed E-state index contributed by atoms with van der Waals surface area (Å²) in [6, 6.07) is 11.9. The summed E-state index contributed by atoms with van der Waals surface area (Å²) in [6.45, 7) is -0.144. The molecule has 2 aromatic rings. The smallest absolute Gasteiger partial charge is 0.340 e. The van der Waals surface area contributed by atoms with Crippen LogP contribution >= 0.6 is 0 Å². The Labute approximate surface area is 139 Å². The molecule has 0 fully saturated rings. The number of anilines is 1. The van der Waals surface area contributed by atoms with E-state index in [1.807, 2.05) is 0 Å². The maximum atomic E-state index is 13.4. The number of ether oxygens (including phenoxy) is 2. The van der Waals surface area contributed by atoms with Crippen LogP contribution in [-0.4, -0.2) is 33.9 Å². The van der Waals surface area contributed by atoms with Crippen molar-refractivity contribution in [1.82, 2.24) is 0 Å². The standard InChI is InChI=1S/C16H16FNO5S/c1-24(20,21)18-14-8-4-2-6-12(14)16(19)23-11-10-22-15-9-5-3-7-13(15)17/h2-9,18H,10-11H2,1H3. The Hall–Kier alpha value is -2.61. The Balaban J connectivity index is 1.92. The predicted octanol–water partition coefficient (Wildman–Crippen LogP) is 2.43. The first-order valence-corrected chi connectivity index (χ1v) is 8.87. The van der Waals surface area contributed by atoms with Gasteiger partial charge in [0, 0.05) is 0 Å². The summed E-state index contributed by atoms with van der Waals surface area (Å²) in [6.07, 6.45) is 0.983. The van der Waals surface area contributed by atoms with E-state index in [4.69, 9.17) is 9.47 Å². The highest BCUT2D eigenvalue weighted by atomic mass is 32.2. The summed E-state index contributed by atoms with van der Waals surface area (Å²) in [4.78, 5) is 12.0. The number of benzene rings is 2. The van der Waals surface area contributed by atoms with Gasteiger partial charge in [-0.1, -0.05) is 24.3 Å². The van der Waals surface area contributed by atoms with E-state index in [0.717, 1.165) is 6.26 Å². The lowest BCUT2D eigenvalue weighted by Gasteiger charge is -2.11. The van der Waals surface area contributed by atoms with Crippen molar-refractivity contribution in [1.29, 1.82) is 0 Å². The first kappa shape index (κ1) is 17.7. The largest absolute Gasteiger partial charge is 0.487 e. The molecule has 0 aliphatic rings. The number of rotatable bonds is 7. The summed E-state index contributed by atoms with van der Waals surface area (Å²) in [7, 11) is -3.52. The number of carbonyl (C=O) groups is 1. The lowest BCUT2D eigenvalue weighted by Crippen LogP contribution is -2.16. The molecule has 128 valence electrons. The topological polar surface area (TPSA) is 81.7 Å². The van der Waals surface area contributed by atoms with Crippen molar-refractivity contribution < 1.29 is 27.1 Å². The number of sulfonamides is 1. The minimum Gasteiger partial charge on any atom is -0.487 e. The summed E-state index contributed by atoms with van der Waals surface area (Å²) in [5.41, 5.74) is 0.203. The molecular weight excluding hydrogens is 337 g/mol. The van der Waals surface area contributed by atoms with Crippen LogP contribution in [0.1, 0.15) is 10.4 Å². The average molecular weight is 353 g/mol. The van der Waals surface area contributed by atoms with E-state index in [9.17, 15) is 17.6 Å². The highest BCUT2D eigenvalue weighted by molar-refractivity contribution is 7.92. The van der Waals surface area contributed by atoms with Crippen molar-refractivity contribution in [2.45, 2.75) is 0 Å². The second kappa shape index (κ2) is 7.78. The Morgan fingerprint density at radius 3 is 2.46 bits per heavy atom. The summed E-state index contributed by atoms with van der Waals surface area (Å²) < 4.78 is 48.4. The molecule has 6 nitrogen and oxygen atoms in total. The monoisotopic (exact) mass is 353 g/mol. The van der Waals surface area contributed by atoms with Gasteiger partial charge in [0.2, 0.25) is 10.0 Å². The predicted molar refractivity (Wildman–Crippen MR) is 87.1 cm³/mol. The van der Waals surface area contributed by atoms with Crippen LogP contribution in [0.4, 0.5) is 10.1 Å². The minimum atomic E-state index is -3.52. The summed E-state index contributed by atoms with van der Waals surface area (Å²) in [5, 5.41) is 0. The van der Waals surface area contributed by atoms with Crippen molar-refractivity contribution in [3.63, 3.8) is 0 Å². The highest BCUT2D eigenvalue weighted by Crippen LogP contribution is 2.18. The van der Waals surface area contributed by atoms with Gasteiger partial charge >= 0.3 is 5.97 Å². The van der Waals surface area contributed by atoms with Crippen molar-refractivity contribution in [3.05, 3.63) is 59.9 Å². The number of para-hydroxylation sites is 2. The number of esters is 1. The first-order chi connectivity index (χ1) is 11.4. The Bertz CT molecular complexity index is 823. The number of hydrogen-bond acceptors (Lipinski definition) is 5. The minimum absolute atomic E-state index is 0.0334. The molecule has 0 atom stereocenters. The van der Waals surface area contributed by atoms with Crippen LogP contribution in [0, 0.1) is 5.82 Å². The van der Waals surface area contributed by atoms with E-state index >= 15 is 0 Å². The molecule has 0 unspecified atom stereocenters. The second-order valence-corrected chi connectivity index (χ2v) is 6.58. The average Bonchev–Trinajstić information content (AvgIpc) is 2.52. The zero-order chi connectivity index (χ0) is 17.6. The lowest BCUT2D eigenvalue weighted by atomic mass is 10.2. The molecule has 2 rings (SSSR count). The third-order valence-electron chi connectivity index (χ3n) is 2.85. The normalized spacial score (nSPS) is 10.9. The van der Waals surface area contributed by atoms with E-state index in [0.29, 0.717) is 0 Å². The quantitative estimate of drug-likeness (QED) is 0.611. The maximum Gasteiger partial charge on any atom is 0.340 e. The van der Waals surface area contributed by atoms with Gasteiger partial charge in [-0.2, -0.15) is 0 Å². The zero-order valence-corrected chi connectivity index (χ0v) is 13.7. The number of hydrogen-bond donors (Lipinski definition) is 1. The van der Waals surface area contributed by atoms with Gasteiger partial charge < -0.3 is 9.47 Å². The lowest BCUT2D eigenvalue weighted by molar-refractivity contribution is 0.0449. The van der Waals surface area contributed by atoms with E-state index in [-0.39, 0.29) is 30.2 Å². The Morgan fingerprint density at radius 1 is 1.08 bits per heavy atom. The molecule has 0 saturated carbocycles. The van der Waals surface area contributed by atoms with E-state index < -0.39 is 21.8 Å². The van der Waals surface area contributed by atoms with Gasteiger partial charge in [0.25, 0.3) is 0 Å². The molecule has 0 radical (unpaired) electrons. The van der Waals surface area contributed by atoms with Crippen molar-refractivity contribution >= 4 is 21.7 Å². The fourth-order valence-corrected chi connectivity index (χ4v) is 2.45. The molecule has 0 aliphatic carbocycles. The number of nitrogens with one attached hydrogen (secondary N) is 1. The molecule has 0 heterocycles. The molecule has 0 aromatic heterocycles. The number of halogens is 1. The van der Waals surface area contributed by atoms with Crippen molar-refractivity contribution in [3.8, 4) is 5.75 Å². The van der Waals surface area contributed by atoms with Crippen molar-refractivity contribution in [2.75, 3.05) is 24.2 Å². The fourth-order valence-electron chi connectivity index (χ4n) is 1.88. The van der Waals surface area contributed by atoms with Crippen LogP contribution in [0.2, 0.25) is 0 Å². The van der Waals surface area contributed by atoms with Gasteiger partial charge in [0.15, 0.2) is 11.6 Å². The molecule has 24 heavy (non-hydrogen) atoms. The van der Waals surface area contributed by atoms with Gasteiger partial charge in [-0.25, -0.2) is 17.6 Å². The van der Waals surface area contributed by atoms with Crippen LogP contribution in [0.5, 0.6) is 5.75 Å². The van der Waals surface area contributed by atoms with Crippen molar-refractivity contribution in [2.24, 2.45) is 0 Å². The molecule has 8 heteroatoms. The molecule has 0 amide bonds. The van der Waals surface area contributed by atoms with E-state index in [1.165, 1.54) is 30.3 Å². The molecule has 0 aliphatic heterocycles. The SMILES string of the molecule is CS(=O)(=O)Nc1ccccc1C(=O)OCCOc1ccccc1F. The molecule has 0 spiro atoms. The first-order valence-electron chi connectivity index (χ1n) is 6.98. The highest BCUT2D eigenvalue weighted by Gasteiger charge is 2.15. The molecule has 2 aromatic carbocycles. The summed E-state index contributed by atoms with van der Waals surface area (Å²) >= 11 is 0. The Morgan fingerprint density at radius 2 is 1.75 bits per heavy atom. The fraction of sp³-hybridized carbons (Fsp3) is 0.188. The molecule has 0 bridgehead atoms. The van der Waals surface area contributed by atoms with Crippen LogP contribution in [0.3, 0.4) is 0 Å². The van der Waals surface area contributed by atoms with Crippen LogP contribution < -0.4 is 9.46 Å². The zero-order valence-electron chi connectivity index (χ0n) is 12.9. The third-order valence-corrected chi connectivity index (χ3v) is 3.44. The van der Waals surface area contributed by atoms with Gasteiger partial charge in [0.05, 0.1) is 17.5 Å². The van der Waals surface area contributed by atoms with E-state index in [2.05, 4.69) is 4.72 Å². The molecular formula is C16H16FNO5S. The summed E-state index contributed by atoms with van der Waals surface area (Å²) in [5.74, 6) is -1.15. The van der Waals surface area contributed by atoms with Gasteiger partial charge in [-0.05, 0) is 24.3 Å². The third kappa shape index (κ3) is 5.24. The van der Waals surface area contributed by atoms with Gasteiger partial charge in [-0.15, -0.1) is 0 Å². The van der Waals surface area contributed by atoms with Gasteiger partial charge in [-0.3, -0.25) is 4.72 Å². The Kier molecular flexibility index (Phi) is 5.75. The number of carbonyl (C=O) groups excluding carboxylic acids is 1. The molecule has 1 N–H and O–H groups in total. The van der Waals surface area contributed by atoms with E-state index in [1.54, 1.807) is 18.2 Å². The van der Waals surface area contributed by atoms with Gasteiger partial charge in [0.1, 0.15) is 13.2 Å². The van der Waals surface area contributed by atoms with Crippen LogP contribution in [0.15, 0.2) is 48.5 Å². The maximum absolute atomic E-state index is 13.4. The van der Waals surface area contributed by atoms with Crippen LogP contribution in [-0.2, 0) is 14.8 Å².